The van der Waals surface area contributed by atoms with Gasteiger partial charge in [0.05, 0.1) is 11.7 Å². The van der Waals surface area contributed by atoms with Crippen molar-refractivity contribution in [2.24, 2.45) is 5.92 Å². The Balaban J connectivity index is 2.22. The maximum atomic E-state index is 6.14. The molecule has 0 aromatic carbocycles. The highest BCUT2D eigenvalue weighted by atomic mass is 16.5. The summed E-state index contributed by atoms with van der Waals surface area (Å²) >= 11 is 0. The lowest BCUT2D eigenvalue weighted by atomic mass is 9.78. The standard InChI is InChI=1S/C13H22O/c1-9-5-6-12-11(10(9)2)7-8-13(3,4)14-12/h9,12H,5-8H2,1-4H3. The third kappa shape index (κ3) is 1.75. The van der Waals surface area contributed by atoms with Crippen molar-refractivity contribution in [2.45, 2.75) is 65.1 Å². The monoisotopic (exact) mass is 194 g/mol. The molecule has 2 aliphatic rings. The first-order valence-corrected chi connectivity index (χ1v) is 5.87. The minimum absolute atomic E-state index is 0.106. The van der Waals surface area contributed by atoms with Crippen LogP contribution in [0.5, 0.6) is 0 Å². The molecule has 0 radical (unpaired) electrons. The molecule has 2 rings (SSSR count). The molecule has 1 saturated heterocycles. The average molecular weight is 194 g/mol. The third-order valence-electron chi connectivity index (χ3n) is 3.95. The Kier molecular flexibility index (Phi) is 2.46. The van der Waals surface area contributed by atoms with Crippen LogP contribution in [0.4, 0.5) is 0 Å². The Bertz CT molecular complexity index is 262. The van der Waals surface area contributed by atoms with Gasteiger partial charge < -0.3 is 4.74 Å². The number of fused-ring (bicyclic) bond motifs is 1. The maximum Gasteiger partial charge on any atom is 0.0795 e. The van der Waals surface area contributed by atoms with Gasteiger partial charge in [0.15, 0.2) is 0 Å². The maximum absolute atomic E-state index is 6.14. The lowest BCUT2D eigenvalue weighted by molar-refractivity contribution is -0.0878. The van der Waals surface area contributed by atoms with E-state index in [0.29, 0.717) is 6.10 Å². The average Bonchev–Trinajstić information content (AvgIpc) is 2.10. The predicted octanol–water partition coefficient (Wildman–Crippen LogP) is 3.69. The second-order valence-electron chi connectivity index (χ2n) is 5.55. The van der Waals surface area contributed by atoms with Gasteiger partial charge in [-0.1, -0.05) is 12.5 Å². The third-order valence-corrected chi connectivity index (χ3v) is 3.95. The topological polar surface area (TPSA) is 9.23 Å². The fourth-order valence-corrected chi connectivity index (χ4v) is 2.73. The number of rotatable bonds is 0. The second-order valence-corrected chi connectivity index (χ2v) is 5.55. The van der Waals surface area contributed by atoms with Crippen molar-refractivity contribution < 1.29 is 4.74 Å². The first-order chi connectivity index (χ1) is 6.49. The second kappa shape index (κ2) is 3.37. The lowest BCUT2D eigenvalue weighted by Crippen LogP contribution is -2.39. The lowest BCUT2D eigenvalue weighted by Gasteiger charge is -2.42. The molecule has 2 unspecified atom stereocenters. The minimum atomic E-state index is 0.106. The van der Waals surface area contributed by atoms with Gasteiger partial charge in [0.25, 0.3) is 0 Å². The summed E-state index contributed by atoms with van der Waals surface area (Å²) in [5.41, 5.74) is 3.33. The molecule has 1 aliphatic heterocycles. The van der Waals surface area contributed by atoms with Crippen molar-refractivity contribution in [2.75, 3.05) is 0 Å². The molecule has 1 heteroatoms. The molecule has 2 atom stereocenters. The van der Waals surface area contributed by atoms with Gasteiger partial charge in [0, 0.05) is 0 Å². The summed E-state index contributed by atoms with van der Waals surface area (Å²) in [6, 6.07) is 0. The van der Waals surface area contributed by atoms with E-state index in [9.17, 15) is 0 Å². The Morgan fingerprint density at radius 2 is 2.00 bits per heavy atom. The van der Waals surface area contributed by atoms with Crippen molar-refractivity contribution in [1.29, 1.82) is 0 Å². The zero-order valence-electron chi connectivity index (χ0n) is 9.89. The van der Waals surface area contributed by atoms with E-state index in [1.807, 2.05) is 0 Å². The van der Waals surface area contributed by atoms with Gasteiger partial charge in [-0.05, 0) is 57.9 Å². The molecule has 1 aliphatic carbocycles. The van der Waals surface area contributed by atoms with E-state index >= 15 is 0 Å². The molecular formula is C13H22O. The molecule has 80 valence electrons. The van der Waals surface area contributed by atoms with Gasteiger partial charge in [-0.3, -0.25) is 0 Å². The first-order valence-electron chi connectivity index (χ1n) is 5.87. The fourth-order valence-electron chi connectivity index (χ4n) is 2.73. The molecule has 0 aromatic heterocycles. The Hall–Kier alpha value is -0.300. The summed E-state index contributed by atoms with van der Waals surface area (Å²) in [5.74, 6) is 0.783. The zero-order chi connectivity index (χ0) is 10.3. The van der Waals surface area contributed by atoms with E-state index in [4.69, 9.17) is 4.74 Å². The van der Waals surface area contributed by atoms with E-state index in [-0.39, 0.29) is 5.60 Å². The highest BCUT2D eigenvalue weighted by Gasteiger charge is 2.35. The highest BCUT2D eigenvalue weighted by molar-refractivity contribution is 5.24. The molecule has 0 saturated carbocycles. The SMILES string of the molecule is CC1=C2CCC(C)(C)OC2CCC1C. The van der Waals surface area contributed by atoms with E-state index in [0.717, 1.165) is 5.92 Å². The summed E-state index contributed by atoms with van der Waals surface area (Å²) in [6.45, 7) is 9.08. The Morgan fingerprint density at radius 3 is 2.71 bits per heavy atom. The van der Waals surface area contributed by atoms with Crippen LogP contribution in [0.15, 0.2) is 11.1 Å². The Morgan fingerprint density at radius 1 is 1.29 bits per heavy atom. The zero-order valence-corrected chi connectivity index (χ0v) is 9.89. The predicted molar refractivity (Wildman–Crippen MR) is 59.3 cm³/mol. The normalized spacial score (nSPS) is 36.9. The van der Waals surface area contributed by atoms with E-state index < -0.39 is 0 Å². The van der Waals surface area contributed by atoms with Gasteiger partial charge in [-0.2, -0.15) is 0 Å². The van der Waals surface area contributed by atoms with Crippen LogP contribution in [-0.4, -0.2) is 11.7 Å². The quantitative estimate of drug-likeness (QED) is 0.534. The van der Waals surface area contributed by atoms with Crippen LogP contribution >= 0.6 is 0 Å². The molecule has 1 nitrogen and oxygen atoms in total. The van der Waals surface area contributed by atoms with Crippen molar-refractivity contribution >= 4 is 0 Å². The van der Waals surface area contributed by atoms with Gasteiger partial charge in [-0.25, -0.2) is 0 Å². The van der Waals surface area contributed by atoms with Crippen LogP contribution in [-0.2, 0) is 4.74 Å². The van der Waals surface area contributed by atoms with Gasteiger partial charge in [-0.15, -0.1) is 0 Å². The number of ether oxygens (including phenoxy) is 1. The molecule has 0 N–H and O–H groups in total. The smallest absolute Gasteiger partial charge is 0.0795 e. The number of hydrogen-bond acceptors (Lipinski definition) is 1. The van der Waals surface area contributed by atoms with Crippen LogP contribution < -0.4 is 0 Å². The van der Waals surface area contributed by atoms with Crippen LogP contribution in [0.1, 0.15) is 53.4 Å². The van der Waals surface area contributed by atoms with Crippen LogP contribution in [0.2, 0.25) is 0 Å². The van der Waals surface area contributed by atoms with Crippen LogP contribution in [0.25, 0.3) is 0 Å². The Labute approximate surface area is 87.5 Å². The van der Waals surface area contributed by atoms with E-state index in [1.54, 1.807) is 11.1 Å². The molecule has 0 bridgehead atoms. The first kappa shape index (κ1) is 10.2. The summed E-state index contributed by atoms with van der Waals surface area (Å²) in [7, 11) is 0. The van der Waals surface area contributed by atoms with Gasteiger partial charge in [0.1, 0.15) is 0 Å². The summed E-state index contributed by atoms with van der Waals surface area (Å²) in [4.78, 5) is 0. The molecule has 1 heterocycles. The molecule has 0 aromatic rings. The molecule has 0 amide bonds. The van der Waals surface area contributed by atoms with Crippen LogP contribution in [0, 0.1) is 5.92 Å². The molecular weight excluding hydrogens is 172 g/mol. The van der Waals surface area contributed by atoms with Crippen LogP contribution in [0.3, 0.4) is 0 Å². The van der Waals surface area contributed by atoms with Crippen molar-refractivity contribution in [1.82, 2.24) is 0 Å². The molecule has 0 spiro atoms. The minimum Gasteiger partial charge on any atom is -0.368 e. The van der Waals surface area contributed by atoms with E-state index in [2.05, 4.69) is 27.7 Å². The number of allylic oxidation sites excluding steroid dienone is 1. The molecule has 1 fully saturated rings. The summed E-state index contributed by atoms with van der Waals surface area (Å²) in [6.07, 6.45) is 5.42. The van der Waals surface area contributed by atoms with Crippen molar-refractivity contribution in [3.05, 3.63) is 11.1 Å². The largest absolute Gasteiger partial charge is 0.368 e. The van der Waals surface area contributed by atoms with Gasteiger partial charge >= 0.3 is 0 Å². The molecule has 14 heavy (non-hydrogen) atoms. The fraction of sp³-hybridized carbons (Fsp3) is 0.846. The summed E-state index contributed by atoms with van der Waals surface area (Å²) < 4.78 is 6.14. The van der Waals surface area contributed by atoms with Crippen molar-refractivity contribution in [3.8, 4) is 0 Å². The highest BCUT2D eigenvalue weighted by Crippen LogP contribution is 2.41. The number of hydrogen-bond donors (Lipinski definition) is 0. The summed E-state index contributed by atoms with van der Waals surface area (Å²) in [5, 5.41) is 0. The van der Waals surface area contributed by atoms with Crippen molar-refractivity contribution in [3.63, 3.8) is 0 Å². The van der Waals surface area contributed by atoms with Gasteiger partial charge in [0.2, 0.25) is 0 Å². The van der Waals surface area contributed by atoms with E-state index in [1.165, 1.54) is 25.7 Å².